The summed E-state index contributed by atoms with van der Waals surface area (Å²) in [5, 5.41) is 3.36. The molecule has 0 heterocycles. The zero-order chi connectivity index (χ0) is 14.6. The van der Waals surface area contributed by atoms with Crippen molar-refractivity contribution in [2.75, 3.05) is 17.6 Å². The smallest absolute Gasteiger partial charge is 0.180 e. The molecule has 1 aromatic carbocycles. The van der Waals surface area contributed by atoms with Crippen LogP contribution in [0.25, 0.3) is 0 Å². The van der Waals surface area contributed by atoms with E-state index >= 15 is 0 Å². The minimum atomic E-state index is -3.16. The van der Waals surface area contributed by atoms with E-state index in [4.69, 9.17) is 0 Å². The number of sulfone groups is 1. The molecule has 0 aromatic heterocycles. The SMILES string of the molecule is CCS(=O)(=O)c1ccccc1NCC1CCCC(C)C1. The van der Waals surface area contributed by atoms with E-state index in [1.165, 1.54) is 25.7 Å². The molecule has 0 bridgehead atoms. The van der Waals surface area contributed by atoms with Gasteiger partial charge in [0.1, 0.15) is 0 Å². The lowest BCUT2D eigenvalue weighted by Crippen LogP contribution is -2.21. The number of nitrogens with one attached hydrogen (secondary N) is 1. The third kappa shape index (κ3) is 3.75. The molecule has 1 saturated carbocycles. The molecule has 0 saturated heterocycles. The van der Waals surface area contributed by atoms with Gasteiger partial charge in [-0.3, -0.25) is 0 Å². The summed E-state index contributed by atoms with van der Waals surface area (Å²) in [7, 11) is -3.16. The maximum atomic E-state index is 12.1. The molecule has 112 valence electrons. The summed E-state index contributed by atoms with van der Waals surface area (Å²) in [6.07, 6.45) is 5.12. The second-order valence-electron chi connectivity index (χ2n) is 5.92. The molecule has 1 N–H and O–H groups in total. The standard InChI is InChI=1S/C16H25NO2S/c1-3-20(18,19)16-10-5-4-9-15(16)17-12-14-8-6-7-13(2)11-14/h4-5,9-10,13-14,17H,3,6-8,11-12H2,1-2H3. The van der Waals surface area contributed by atoms with Gasteiger partial charge in [0.05, 0.1) is 16.3 Å². The highest BCUT2D eigenvalue weighted by molar-refractivity contribution is 7.91. The lowest BCUT2D eigenvalue weighted by atomic mass is 9.82. The van der Waals surface area contributed by atoms with Crippen molar-refractivity contribution in [3.05, 3.63) is 24.3 Å². The van der Waals surface area contributed by atoms with Gasteiger partial charge >= 0.3 is 0 Å². The van der Waals surface area contributed by atoms with Crippen LogP contribution >= 0.6 is 0 Å². The van der Waals surface area contributed by atoms with Crippen molar-refractivity contribution >= 4 is 15.5 Å². The summed E-state index contributed by atoms with van der Waals surface area (Å²) in [6.45, 7) is 4.87. The van der Waals surface area contributed by atoms with E-state index in [-0.39, 0.29) is 5.75 Å². The normalized spacial score (nSPS) is 23.5. The van der Waals surface area contributed by atoms with Crippen molar-refractivity contribution in [2.24, 2.45) is 11.8 Å². The first-order valence-electron chi connectivity index (χ1n) is 7.58. The summed E-state index contributed by atoms with van der Waals surface area (Å²) in [5.74, 6) is 1.60. The minimum Gasteiger partial charge on any atom is -0.384 e. The molecule has 4 heteroatoms. The van der Waals surface area contributed by atoms with Crippen LogP contribution in [0.1, 0.15) is 39.5 Å². The fourth-order valence-electron chi connectivity index (χ4n) is 3.04. The first kappa shape index (κ1) is 15.4. The van der Waals surface area contributed by atoms with Crippen molar-refractivity contribution in [1.82, 2.24) is 0 Å². The fourth-order valence-corrected chi connectivity index (χ4v) is 4.11. The molecule has 3 nitrogen and oxygen atoms in total. The molecule has 0 aliphatic heterocycles. The topological polar surface area (TPSA) is 46.2 Å². The summed E-state index contributed by atoms with van der Waals surface area (Å²) in [4.78, 5) is 0.436. The van der Waals surface area contributed by atoms with Gasteiger partial charge in [0.15, 0.2) is 9.84 Å². The minimum absolute atomic E-state index is 0.145. The molecule has 2 unspecified atom stereocenters. The van der Waals surface area contributed by atoms with E-state index in [1.54, 1.807) is 19.1 Å². The van der Waals surface area contributed by atoms with Crippen LogP contribution in [0.5, 0.6) is 0 Å². The Bertz CT molecular complexity index is 539. The zero-order valence-electron chi connectivity index (χ0n) is 12.4. The van der Waals surface area contributed by atoms with Crippen LogP contribution in [0.2, 0.25) is 0 Å². The van der Waals surface area contributed by atoms with Gasteiger partial charge in [-0.05, 0) is 36.8 Å². The third-order valence-electron chi connectivity index (χ3n) is 4.23. The van der Waals surface area contributed by atoms with Crippen molar-refractivity contribution in [3.8, 4) is 0 Å². The summed E-state index contributed by atoms with van der Waals surface area (Å²) in [5.41, 5.74) is 0.757. The van der Waals surface area contributed by atoms with Gasteiger partial charge in [-0.15, -0.1) is 0 Å². The maximum Gasteiger partial charge on any atom is 0.180 e. The number of hydrogen-bond donors (Lipinski definition) is 1. The predicted octanol–water partition coefficient (Wildman–Crippen LogP) is 3.72. The summed E-state index contributed by atoms with van der Waals surface area (Å²) < 4.78 is 24.2. The molecular formula is C16H25NO2S. The molecule has 2 atom stereocenters. The van der Waals surface area contributed by atoms with Gasteiger partial charge in [-0.25, -0.2) is 8.42 Å². The van der Waals surface area contributed by atoms with Crippen LogP contribution in [0.3, 0.4) is 0 Å². The second kappa shape index (κ2) is 6.61. The molecule has 1 fully saturated rings. The molecule has 0 amide bonds. The van der Waals surface area contributed by atoms with E-state index < -0.39 is 9.84 Å². The van der Waals surface area contributed by atoms with Gasteiger partial charge in [0.2, 0.25) is 0 Å². The first-order chi connectivity index (χ1) is 9.53. The van der Waals surface area contributed by atoms with E-state index in [9.17, 15) is 8.42 Å². The Balaban J connectivity index is 2.06. The molecular weight excluding hydrogens is 270 g/mol. The highest BCUT2D eigenvalue weighted by atomic mass is 32.2. The number of para-hydroxylation sites is 1. The monoisotopic (exact) mass is 295 g/mol. The molecule has 1 aliphatic carbocycles. The van der Waals surface area contributed by atoms with Gasteiger partial charge in [-0.1, -0.05) is 38.8 Å². The molecule has 0 radical (unpaired) electrons. The largest absolute Gasteiger partial charge is 0.384 e. The highest BCUT2D eigenvalue weighted by Crippen LogP contribution is 2.29. The number of rotatable bonds is 5. The molecule has 20 heavy (non-hydrogen) atoms. The highest BCUT2D eigenvalue weighted by Gasteiger charge is 2.20. The fraction of sp³-hybridized carbons (Fsp3) is 0.625. The van der Waals surface area contributed by atoms with E-state index in [2.05, 4.69) is 12.2 Å². The number of anilines is 1. The van der Waals surface area contributed by atoms with Crippen LogP contribution in [0.15, 0.2) is 29.2 Å². The van der Waals surface area contributed by atoms with Crippen molar-refractivity contribution < 1.29 is 8.42 Å². The quantitative estimate of drug-likeness (QED) is 0.900. The average molecular weight is 295 g/mol. The van der Waals surface area contributed by atoms with Crippen LogP contribution < -0.4 is 5.32 Å². The summed E-state index contributed by atoms with van der Waals surface area (Å²) in [6, 6.07) is 7.25. The maximum absolute atomic E-state index is 12.1. The molecule has 1 aliphatic rings. The Morgan fingerprint density at radius 2 is 2.00 bits per heavy atom. The second-order valence-corrected chi connectivity index (χ2v) is 8.16. The van der Waals surface area contributed by atoms with Gasteiger partial charge in [0.25, 0.3) is 0 Å². The lowest BCUT2D eigenvalue weighted by Gasteiger charge is -2.27. The van der Waals surface area contributed by atoms with E-state index in [0.29, 0.717) is 10.8 Å². The van der Waals surface area contributed by atoms with E-state index in [1.807, 2.05) is 12.1 Å². The van der Waals surface area contributed by atoms with Gasteiger partial charge in [-0.2, -0.15) is 0 Å². The van der Waals surface area contributed by atoms with Crippen LogP contribution in [-0.4, -0.2) is 20.7 Å². The van der Waals surface area contributed by atoms with Crippen molar-refractivity contribution in [3.63, 3.8) is 0 Å². The Labute approximate surface area is 122 Å². The Hall–Kier alpha value is -1.03. The molecule has 1 aromatic rings. The number of benzene rings is 1. The molecule has 0 spiro atoms. The average Bonchev–Trinajstić information content (AvgIpc) is 2.45. The summed E-state index contributed by atoms with van der Waals surface area (Å²) >= 11 is 0. The first-order valence-corrected chi connectivity index (χ1v) is 9.24. The molecule has 2 rings (SSSR count). The van der Waals surface area contributed by atoms with E-state index in [0.717, 1.165) is 18.2 Å². The Morgan fingerprint density at radius 3 is 2.70 bits per heavy atom. The Kier molecular flexibility index (Phi) is 5.08. The third-order valence-corrected chi connectivity index (χ3v) is 6.01. The predicted molar refractivity (Wildman–Crippen MR) is 83.8 cm³/mol. The van der Waals surface area contributed by atoms with Crippen LogP contribution in [0, 0.1) is 11.8 Å². The van der Waals surface area contributed by atoms with Crippen LogP contribution in [-0.2, 0) is 9.84 Å². The van der Waals surface area contributed by atoms with Gasteiger partial charge in [0, 0.05) is 6.54 Å². The number of hydrogen-bond acceptors (Lipinski definition) is 3. The zero-order valence-corrected chi connectivity index (χ0v) is 13.2. The Morgan fingerprint density at radius 1 is 1.25 bits per heavy atom. The van der Waals surface area contributed by atoms with Gasteiger partial charge < -0.3 is 5.32 Å². The van der Waals surface area contributed by atoms with Crippen molar-refractivity contribution in [1.29, 1.82) is 0 Å². The lowest BCUT2D eigenvalue weighted by molar-refractivity contribution is 0.293. The van der Waals surface area contributed by atoms with Crippen molar-refractivity contribution in [2.45, 2.75) is 44.4 Å². The van der Waals surface area contributed by atoms with Crippen LogP contribution in [0.4, 0.5) is 5.69 Å².